The van der Waals surface area contributed by atoms with E-state index < -0.39 is 5.97 Å². The van der Waals surface area contributed by atoms with Gasteiger partial charge in [-0.3, -0.25) is 0 Å². The molecule has 1 N–H and O–H groups in total. The Balaban J connectivity index is 2.92. The number of carboxylic acids is 1. The lowest BCUT2D eigenvalue weighted by atomic mass is 10.1. The first kappa shape index (κ1) is 15.5. The second kappa shape index (κ2) is 7.79. The van der Waals surface area contributed by atoms with Crippen molar-refractivity contribution in [2.75, 3.05) is 18.5 Å². The second-order valence-electron chi connectivity index (χ2n) is 4.23. The highest BCUT2D eigenvalue weighted by atomic mass is 79.9. The minimum absolute atomic E-state index is 0.895. The number of unbranched alkanes of at least 4 members (excludes halogenated alkanes) is 1. The van der Waals surface area contributed by atoms with Crippen molar-refractivity contribution in [3.05, 3.63) is 47.0 Å². The van der Waals surface area contributed by atoms with Crippen molar-refractivity contribution in [2.45, 2.75) is 12.8 Å². The van der Waals surface area contributed by atoms with Crippen LogP contribution in [-0.4, -0.2) is 24.7 Å². The zero-order chi connectivity index (χ0) is 14.3. The van der Waals surface area contributed by atoms with Gasteiger partial charge in [-0.1, -0.05) is 28.1 Å². The molecule has 1 rings (SSSR count). The van der Waals surface area contributed by atoms with Gasteiger partial charge in [0.25, 0.3) is 0 Å². The fourth-order valence-corrected chi connectivity index (χ4v) is 2.09. The zero-order valence-electron chi connectivity index (χ0n) is 11.0. The van der Waals surface area contributed by atoms with Gasteiger partial charge in [-0.25, -0.2) is 4.79 Å². The largest absolute Gasteiger partial charge is 0.478 e. The van der Waals surface area contributed by atoms with Crippen LogP contribution in [0.1, 0.15) is 18.4 Å². The van der Waals surface area contributed by atoms with Crippen LogP contribution in [0.4, 0.5) is 5.69 Å². The monoisotopic (exact) mass is 323 g/mol. The van der Waals surface area contributed by atoms with Crippen molar-refractivity contribution in [2.24, 2.45) is 0 Å². The molecule has 0 spiro atoms. The number of carbonyl (C=O) groups is 1. The molecule has 0 atom stereocenters. The van der Waals surface area contributed by atoms with Crippen molar-refractivity contribution in [1.82, 2.24) is 0 Å². The van der Waals surface area contributed by atoms with Crippen LogP contribution >= 0.6 is 15.9 Å². The smallest absolute Gasteiger partial charge is 0.328 e. The Kier molecular flexibility index (Phi) is 6.36. The number of hydrogen-bond acceptors (Lipinski definition) is 2. The minimum Gasteiger partial charge on any atom is -0.478 e. The van der Waals surface area contributed by atoms with E-state index in [4.69, 9.17) is 5.11 Å². The zero-order valence-corrected chi connectivity index (χ0v) is 12.6. The molecule has 0 fully saturated rings. The van der Waals surface area contributed by atoms with E-state index in [2.05, 4.69) is 27.4 Å². The quantitative estimate of drug-likeness (QED) is 0.469. The van der Waals surface area contributed by atoms with E-state index in [1.807, 2.05) is 31.3 Å². The molecule has 0 radical (unpaired) electrons. The summed E-state index contributed by atoms with van der Waals surface area (Å²) in [7, 11) is 2.00. The minimum atomic E-state index is -0.942. The summed E-state index contributed by atoms with van der Waals surface area (Å²) in [5.41, 5.74) is 1.91. The normalized spacial score (nSPS) is 10.6. The van der Waals surface area contributed by atoms with Crippen LogP contribution in [0, 0.1) is 0 Å². The van der Waals surface area contributed by atoms with E-state index in [-0.39, 0.29) is 0 Å². The summed E-state index contributed by atoms with van der Waals surface area (Å²) in [4.78, 5) is 12.7. The van der Waals surface area contributed by atoms with Gasteiger partial charge in [-0.05, 0) is 36.6 Å². The summed E-state index contributed by atoms with van der Waals surface area (Å²) in [5.74, 6) is -0.942. The van der Waals surface area contributed by atoms with Crippen molar-refractivity contribution >= 4 is 33.7 Å². The molecular formula is C15H18BrNO2. The van der Waals surface area contributed by atoms with E-state index in [0.29, 0.717) is 0 Å². The second-order valence-corrected chi connectivity index (χ2v) is 5.14. The lowest BCUT2D eigenvalue weighted by molar-refractivity contribution is -0.131. The Morgan fingerprint density at radius 1 is 1.53 bits per heavy atom. The fourth-order valence-electron chi connectivity index (χ4n) is 1.74. The maximum atomic E-state index is 10.6. The molecule has 0 heterocycles. The molecular weight excluding hydrogens is 306 g/mol. The Hall–Kier alpha value is -1.55. The van der Waals surface area contributed by atoms with Gasteiger partial charge in [-0.2, -0.15) is 0 Å². The molecule has 19 heavy (non-hydrogen) atoms. The van der Waals surface area contributed by atoms with Crippen LogP contribution in [0.25, 0.3) is 6.08 Å². The maximum Gasteiger partial charge on any atom is 0.328 e. The third-order valence-corrected chi connectivity index (χ3v) is 3.20. The Bertz CT molecular complexity index is 483. The first-order valence-corrected chi connectivity index (χ1v) is 6.86. The number of aliphatic carboxylic acids is 1. The Morgan fingerprint density at radius 2 is 2.26 bits per heavy atom. The van der Waals surface area contributed by atoms with E-state index in [9.17, 15) is 4.79 Å². The van der Waals surface area contributed by atoms with Gasteiger partial charge in [-0.15, -0.1) is 6.58 Å². The first-order valence-electron chi connectivity index (χ1n) is 6.07. The SMILES string of the molecule is C=CCCCN(C)c1cc(Br)ccc1/C=C/C(=O)O. The molecule has 1 aromatic rings. The summed E-state index contributed by atoms with van der Waals surface area (Å²) in [6, 6.07) is 5.81. The van der Waals surface area contributed by atoms with Gasteiger partial charge in [0.15, 0.2) is 0 Å². The van der Waals surface area contributed by atoms with Gasteiger partial charge in [0.2, 0.25) is 0 Å². The van der Waals surface area contributed by atoms with E-state index >= 15 is 0 Å². The van der Waals surface area contributed by atoms with Crippen molar-refractivity contribution < 1.29 is 9.90 Å². The highest BCUT2D eigenvalue weighted by molar-refractivity contribution is 9.10. The number of nitrogens with zero attached hydrogens (tertiary/aromatic N) is 1. The molecule has 0 unspecified atom stereocenters. The maximum absolute atomic E-state index is 10.6. The van der Waals surface area contributed by atoms with Crippen LogP contribution in [-0.2, 0) is 4.79 Å². The molecule has 1 aromatic carbocycles. The molecule has 0 saturated heterocycles. The molecule has 0 aliphatic heterocycles. The number of allylic oxidation sites excluding steroid dienone is 1. The topological polar surface area (TPSA) is 40.5 Å². The number of benzene rings is 1. The number of anilines is 1. The average Bonchev–Trinajstić information content (AvgIpc) is 2.37. The lowest BCUT2D eigenvalue weighted by Gasteiger charge is -2.21. The molecule has 102 valence electrons. The molecule has 0 aliphatic carbocycles. The highest BCUT2D eigenvalue weighted by Gasteiger charge is 2.06. The van der Waals surface area contributed by atoms with Gasteiger partial charge in [0, 0.05) is 29.8 Å². The van der Waals surface area contributed by atoms with Crippen molar-refractivity contribution in [3.8, 4) is 0 Å². The highest BCUT2D eigenvalue weighted by Crippen LogP contribution is 2.25. The standard InChI is InChI=1S/C15H18BrNO2/c1-3-4-5-10-17(2)14-11-13(16)8-6-12(14)7-9-15(18)19/h3,6-9,11H,1,4-5,10H2,2H3,(H,18,19)/b9-7+. The molecule has 0 aromatic heterocycles. The van der Waals surface area contributed by atoms with Gasteiger partial charge in [0.05, 0.1) is 0 Å². The summed E-state index contributed by atoms with van der Waals surface area (Å²) in [6.45, 7) is 4.61. The first-order chi connectivity index (χ1) is 9.04. The predicted octanol–water partition coefficient (Wildman–Crippen LogP) is 3.95. The predicted molar refractivity (Wildman–Crippen MR) is 83.5 cm³/mol. The van der Waals surface area contributed by atoms with Gasteiger partial charge in [0.1, 0.15) is 0 Å². The molecule has 0 bridgehead atoms. The van der Waals surface area contributed by atoms with Crippen LogP contribution < -0.4 is 4.90 Å². The van der Waals surface area contributed by atoms with E-state index in [1.165, 1.54) is 0 Å². The molecule has 0 amide bonds. The van der Waals surface area contributed by atoms with Crippen LogP contribution in [0.2, 0.25) is 0 Å². The summed E-state index contributed by atoms with van der Waals surface area (Å²) in [6.07, 6.45) is 6.67. The van der Waals surface area contributed by atoms with Crippen LogP contribution in [0.5, 0.6) is 0 Å². The van der Waals surface area contributed by atoms with Gasteiger partial charge >= 0.3 is 5.97 Å². The number of rotatable bonds is 7. The lowest BCUT2D eigenvalue weighted by Crippen LogP contribution is -2.19. The Labute approximate surface area is 122 Å². The molecule has 4 heteroatoms. The van der Waals surface area contributed by atoms with Crippen LogP contribution in [0.15, 0.2) is 41.4 Å². The van der Waals surface area contributed by atoms with Gasteiger partial charge < -0.3 is 10.0 Å². The van der Waals surface area contributed by atoms with E-state index in [0.717, 1.165) is 41.2 Å². The third kappa shape index (κ3) is 5.30. The summed E-state index contributed by atoms with van der Waals surface area (Å²) >= 11 is 3.44. The fraction of sp³-hybridized carbons (Fsp3) is 0.267. The summed E-state index contributed by atoms with van der Waals surface area (Å²) < 4.78 is 0.977. The van der Waals surface area contributed by atoms with Crippen molar-refractivity contribution in [3.63, 3.8) is 0 Å². The Morgan fingerprint density at radius 3 is 2.89 bits per heavy atom. The molecule has 3 nitrogen and oxygen atoms in total. The molecule has 0 saturated carbocycles. The van der Waals surface area contributed by atoms with Crippen molar-refractivity contribution in [1.29, 1.82) is 0 Å². The number of carboxylic acid groups (broad SMARTS) is 1. The average molecular weight is 324 g/mol. The molecule has 0 aliphatic rings. The summed E-state index contributed by atoms with van der Waals surface area (Å²) in [5, 5.41) is 8.71. The number of halogens is 1. The van der Waals surface area contributed by atoms with E-state index in [1.54, 1.807) is 6.08 Å². The van der Waals surface area contributed by atoms with Crippen LogP contribution in [0.3, 0.4) is 0 Å². The third-order valence-electron chi connectivity index (χ3n) is 2.71. The number of hydrogen-bond donors (Lipinski definition) is 1.